The molecule has 1 unspecified atom stereocenters. The molecule has 1 aromatic rings. The Morgan fingerprint density at radius 2 is 2.16 bits per heavy atom. The Morgan fingerprint density at radius 1 is 1.42 bits per heavy atom. The van der Waals surface area contributed by atoms with Crippen LogP contribution in [0.25, 0.3) is 0 Å². The van der Waals surface area contributed by atoms with Gasteiger partial charge in [-0.15, -0.1) is 0 Å². The van der Waals surface area contributed by atoms with E-state index in [2.05, 4.69) is 14.3 Å². The summed E-state index contributed by atoms with van der Waals surface area (Å²) in [5, 5.41) is 0.966. The third-order valence-corrected chi connectivity index (χ3v) is 4.28. The average molecular weight is 283 g/mol. The summed E-state index contributed by atoms with van der Waals surface area (Å²) in [6, 6.07) is 0.299. The Morgan fingerprint density at radius 3 is 2.74 bits per heavy atom. The molecule has 2 heterocycles. The number of rotatable bonds is 2. The van der Waals surface area contributed by atoms with Crippen LogP contribution in [-0.2, 0) is 0 Å². The zero-order chi connectivity index (χ0) is 14.0. The Kier molecular flexibility index (Phi) is 4.24. The van der Waals surface area contributed by atoms with Crippen molar-refractivity contribution in [2.75, 3.05) is 39.1 Å². The summed E-state index contributed by atoms with van der Waals surface area (Å²) >= 11 is 1.44. The molecule has 0 N–H and O–H groups in total. The van der Waals surface area contributed by atoms with E-state index in [0.717, 1.165) is 36.9 Å². The summed E-state index contributed by atoms with van der Waals surface area (Å²) in [7, 11) is 5.45. The fourth-order valence-electron chi connectivity index (χ4n) is 2.33. The number of piperidine rings is 1. The molecular formula is C12H21N5OS. The van der Waals surface area contributed by atoms with E-state index >= 15 is 0 Å². The molecular weight excluding hydrogens is 262 g/mol. The van der Waals surface area contributed by atoms with Gasteiger partial charge in [0.1, 0.15) is 5.82 Å². The van der Waals surface area contributed by atoms with Gasteiger partial charge in [-0.1, -0.05) is 0 Å². The Bertz CT molecular complexity index is 447. The van der Waals surface area contributed by atoms with E-state index in [1.54, 1.807) is 19.0 Å². The molecule has 0 aliphatic carbocycles. The Hall–Kier alpha value is -1.37. The molecule has 0 saturated carbocycles. The number of likely N-dealkylation sites (N-methyl/N-ethyl adjacent to an activating group) is 1. The van der Waals surface area contributed by atoms with Gasteiger partial charge in [0.25, 0.3) is 0 Å². The van der Waals surface area contributed by atoms with Crippen molar-refractivity contribution >= 4 is 22.7 Å². The number of anilines is 1. The predicted molar refractivity (Wildman–Crippen MR) is 76.7 cm³/mol. The third-order valence-electron chi connectivity index (χ3n) is 3.42. The summed E-state index contributed by atoms with van der Waals surface area (Å²) in [6.45, 7) is 3.74. The normalized spacial score (nSPS) is 19.4. The van der Waals surface area contributed by atoms with Crippen LogP contribution in [0, 0.1) is 6.92 Å². The summed E-state index contributed by atoms with van der Waals surface area (Å²) in [4.78, 5) is 22.1. The van der Waals surface area contributed by atoms with Crippen molar-refractivity contribution in [2.24, 2.45) is 0 Å². The fourth-order valence-corrected chi connectivity index (χ4v) is 3.04. The lowest BCUT2D eigenvalue weighted by Crippen LogP contribution is -2.51. The number of urea groups is 1. The van der Waals surface area contributed by atoms with E-state index in [4.69, 9.17) is 0 Å². The molecule has 7 heteroatoms. The number of hydrogen-bond acceptors (Lipinski definition) is 5. The molecule has 2 rings (SSSR count). The molecule has 106 valence electrons. The summed E-state index contributed by atoms with van der Waals surface area (Å²) in [5.41, 5.74) is 0. The minimum atomic E-state index is 0.0558. The van der Waals surface area contributed by atoms with Crippen molar-refractivity contribution < 1.29 is 4.79 Å². The number of carbonyl (C=O) groups excluding carboxylic acids is 1. The lowest BCUT2D eigenvalue weighted by molar-refractivity contribution is 0.157. The highest BCUT2D eigenvalue weighted by Crippen LogP contribution is 2.23. The van der Waals surface area contributed by atoms with E-state index < -0.39 is 0 Å². The molecule has 1 aliphatic heterocycles. The lowest BCUT2D eigenvalue weighted by atomic mass is 10.1. The smallest absolute Gasteiger partial charge is 0.319 e. The molecule has 0 spiro atoms. The minimum Gasteiger partial charge on any atom is -0.345 e. The van der Waals surface area contributed by atoms with E-state index in [1.807, 2.05) is 18.9 Å². The highest BCUT2D eigenvalue weighted by molar-refractivity contribution is 7.09. The quantitative estimate of drug-likeness (QED) is 0.824. The molecule has 0 radical (unpaired) electrons. The third kappa shape index (κ3) is 3.15. The van der Waals surface area contributed by atoms with Gasteiger partial charge in [0, 0.05) is 45.8 Å². The number of hydrogen-bond donors (Lipinski definition) is 0. The summed E-state index contributed by atoms with van der Waals surface area (Å²) in [6.07, 6.45) is 2.12. The van der Waals surface area contributed by atoms with Crippen LogP contribution in [0.3, 0.4) is 0 Å². The monoisotopic (exact) mass is 283 g/mol. The Balaban J connectivity index is 2.03. The van der Waals surface area contributed by atoms with Gasteiger partial charge in [0.2, 0.25) is 5.13 Å². The van der Waals surface area contributed by atoms with Crippen molar-refractivity contribution in [3.63, 3.8) is 0 Å². The van der Waals surface area contributed by atoms with Gasteiger partial charge < -0.3 is 14.7 Å². The average Bonchev–Trinajstić information content (AvgIpc) is 2.84. The largest absolute Gasteiger partial charge is 0.345 e. The molecule has 6 nitrogen and oxygen atoms in total. The van der Waals surface area contributed by atoms with Gasteiger partial charge in [-0.2, -0.15) is 4.37 Å². The highest BCUT2D eigenvalue weighted by atomic mass is 32.1. The molecule has 0 bridgehead atoms. The fraction of sp³-hybridized carbons (Fsp3) is 0.750. The van der Waals surface area contributed by atoms with Crippen molar-refractivity contribution in [3.8, 4) is 0 Å². The van der Waals surface area contributed by atoms with Crippen LogP contribution in [-0.4, -0.2) is 65.5 Å². The van der Waals surface area contributed by atoms with Crippen molar-refractivity contribution in [3.05, 3.63) is 5.82 Å². The van der Waals surface area contributed by atoms with Gasteiger partial charge in [0.05, 0.1) is 6.04 Å². The molecule has 1 atom stereocenters. The molecule has 2 amide bonds. The maximum Gasteiger partial charge on any atom is 0.319 e. The second-order valence-electron chi connectivity index (χ2n) is 5.15. The van der Waals surface area contributed by atoms with Gasteiger partial charge in [-0.3, -0.25) is 0 Å². The molecule has 19 heavy (non-hydrogen) atoms. The first kappa shape index (κ1) is 14.0. The van der Waals surface area contributed by atoms with Crippen molar-refractivity contribution in [2.45, 2.75) is 25.8 Å². The SMILES string of the molecule is Cc1nsc(N2CCCC(N(C)C(=O)N(C)C)C2)n1. The van der Waals surface area contributed by atoms with Crippen LogP contribution >= 0.6 is 11.5 Å². The van der Waals surface area contributed by atoms with Crippen LogP contribution in [0.5, 0.6) is 0 Å². The second-order valence-corrected chi connectivity index (χ2v) is 5.88. The maximum atomic E-state index is 12.0. The maximum absolute atomic E-state index is 12.0. The van der Waals surface area contributed by atoms with Crippen molar-refractivity contribution in [1.29, 1.82) is 0 Å². The summed E-state index contributed by atoms with van der Waals surface area (Å²) in [5.74, 6) is 0.819. The number of aromatic nitrogens is 2. The van der Waals surface area contributed by atoms with Gasteiger partial charge in [-0.25, -0.2) is 9.78 Å². The highest BCUT2D eigenvalue weighted by Gasteiger charge is 2.28. The topological polar surface area (TPSA) is 52.6 Å². The predicted octanol–water partition coefficient (Wildman–Crippen LogP) is 1.43. The van der Waals surface area contributed by atoms with Gasteiger partial charge in [-0.05, 0) is 19.8 Å². The van der Waals surface area contributed by atoms with E-state index in [9.17, 15) is 4.79 Å². The van der Waals surface area contributed by atoms with E-state index in [1.165, 1.54) is 11.5 Å². The lowest BCUT2D eigenvalue weighted by Gasteiger charge is -2.38. The van der Waals surface area contributed by atoms with E-state index in [-0.39, 0.29) is 12.1 Å². The Labute approximate surface area is 118 Å². The first-order valence-electron chi connectivity index (χ1n) is 6.48. The van der Waals surface area contributed by atoms with Crippen LogP contribution in [0.2, 0.25) is 0 Å². The summed E-state index contributed by atoms with van der Waals surface area (Å²) < 4.78 is 4.23. The number of amides is 2. The molecule has 1 aromatic heterocycles. The molecule has 1 fully saturated rings. The minimum absolute atomic E-state index is 0.0558. The van der Waals surface area contributed by atoms with Crippen molar-refractivity contribution in [1.82, 2.24) is 19.2 Å². The number of carbonyl (C=O) groups is 1. The van der Waals surface area contributed by atoms with Gasteiger partial charge >= 0.3 is 6.03 Å². The zero-order valence-electron chi connectivity index (χ0n) is 12.0. The van der Waals surface area contributed by atoms with Crippen LogP contribution in [0.1, 0.15) is 18.7 Å². The standard InChI is InChI=1S/C12H21N5OS/c1-9-13-11(19-14-9)17-7-5-6-10(8-17)16(4)12(18)15(2)3/h10H,5-8H2,1-4H3. The second kappa shape index (κ2) is 5.73. The first-order valence-corrected chi connectivity index (χ1v) is 7.25. The molecule has 1 saturated heterocycles. The van der Waals surface area contributed by atoms with Crippen LogP contribution in [0.15, 0.2) is 0 Å². The van der Waals surface area contributed by atoms with Gasteiger partial charge in [0.15, 0.2) is 0 Å². The molecule has 0 aromatic carbocycles. The van der Waals surface area contributed by atoms with Crippen LogP contribution < -0.4 is 4.90 Å². The van der Waals surface area contributed by atoms with Crippen LogP contribution in [0.4, 0.5) is 9.93 Å². The number of aryl methyl sites for hydroxylation is 1. The molecule has 1 aliphatic rings. The first-order chi connectivity index (χ1) is 8.99. The zero-order valence-corrected chi connectivity index (χ0v) is 12.8. The number of nitrogens with zero attached hydrogens (tertiary/aromatic N) is 5. The van der Waals surface area contributed by atoms with E-state index in [0.29, 0.717) is 0 Å².